The fourth-order valence-corrected chi connectivity index (χ4v) is 3.48. The average molecular weight is 347 g/mol. The molecule has 24 heavy (non-hydrogen) atoms. The Balaban J connectivity index is 0.00000100. The van der Waals surface area contributed by atoms with Gasteiger partial charge in [0.05, 0.1) is 17.8 Å². The van der Waals surface area contributed by atoms with Crippen LogP contribution in [0.2, 0.25) is 5.15 Å². The number of imidazole rings is 1. The standard InChI is InChI=1S/C16H17ClN4O.C2H6/c1-10(22)16-20-13-9-19-15(17)8-14(13)21(16)12-4-2-11(3-5-12)6-7-18;1-2/h8-9,11-12H,2-6H2,1H3;1-2H3. The summed E-state index contributed by atoms with van der Waals surface area (Å²) in [6, 6.07) is 4.26. The predicted octanol–water partition coefficient (Wildman–Crippen LogP) is 4.96. The monoisotopic (exact) mass is 346 g/mol. The first-order valence-electron chi connectivity index (χ1n) is 8.51. The highest BCUT2D eigenvalue weighted by atomic mass is 35.5. The van der Waals surface area contributed by atoms with Gasteiger partial charge in [0.2, 0.25) is 0 Å². The van der Waals surface area contributed by atoms with Crippen LogP contribution in [0.25, 0.3) is 11.0 Å². The van der Waals surface area contributed by atoms with Crippen LogP contribution in [-0.2, 0) is 0 Å². The van der Waals surface area contributed by atoms with Crippen LogP contribution in [0.1, 0.15) is 69.5 Å². The fourth-order valence-electron chi connectivity index (χ4n) is 3.33. The molecule has 2 aromatic heterocycles. The molecule has 0 N–H and O–H groups in total. The van der Waals surface area contributed by atoms with Crippen LogP contribution >= 0.6 is 11.6 Å². The number of carbonyl (C=O) groups is 1. The van der Waals surface area contributed by atoms with Crippen molar-refractivity contribution in [2.24, 2.45) is 5.92 Å². The Morgan fingerprint density at radius 3 is 2.62 bits per heavy atom. The van der Waals surface area contributed by atoms with Gasteiger partial charge in [-0.1, -0.05) is 25.4 Å². The lowest BCUT2D eigenvalue weighted by Crippen LogP contribution is -2.21. The van der Waals surface area contributed by atoms with E-state index in [4.69, 9.17) is 16.9 Å². The summed E-state index contributed by atoms with van der Waals surface area (Å²) >= 11 is 6.01. The van der Waals surface area contributed by atoms with Gasteiger partial charge in [0.15, 0.2) is 11.6 Å². The van der Waals surface area contributed by atoms with Crippen molar-refractivity contribution in [2.75, 3.05) is 0 Å². The molecular formula is C18H23ClN4O. The van der Waals surface area contributed by atoms with Crippen molar-refractivity contribution in [3.63, 3.8) is 0 Å². The molecule has 1 aliphatic rings. The second-order valence-electron chi connectivity index (χ2n) is 5.89. The number of aromatic nitrogens is 3. The van der Waals surface area contributed by atoms with E-state index in [0.29, 0.717) is 28.8 Å². The molecule has 0 aliphatic heterocycles. The molecule has 0 aromatic carbocycles. The second kappa shape index (κ2) is 8.25. The van der Waals surface area contributed by atoms with E-state index in [1.165, 1.54) is 6.92 Å². The Hall–Kier alpha value is -1.93. The number of rotatable bonds is 3. The number of nitriles is 1. The highest BCUT2D eigenvalue weighted by Crippen LogP contribution is 2.36. The van der Waals surface area contributed by atoms with Gasteiger partial charge in [-0.2, -0.15) is 5.26 Å². The number of Topliss-reactive ketones (excluding diaryl/α,β-unsaturated/α-hetero) is 1. The number of fused-ring (bicyclic) bond motifs is 1. The molecule has 0 radical (unpaired) electrons. The van der Waals surface area contributed by atoms with Crippen LogP contribution in [0, 0.1) is 17.2 Å². The number of nitrogens with zero attached hydrogens (tertiary/aromatic N) is 4. The summed E-state index contributed by atoms with van der Waals surface area (Å²) in [4.78, 5) is 20.4. The van der Waals surface area contributed by atoms with Crippen molar-refractivity contribution < 1.29 is 4.79 Å². The summed E-state index contributed by atoms with van der Waals surface area (Å²) in [6.45, 7) is 5.54. The molecule has 6 heteroatoms. The SMILES string of the molecule is CC.CC(=O)c1nc2cnc(Cl)cc2n1C1CCC(CC#N)CC1. The highest BCUT2D eigenvalue weighted by Gasteiger charge is 2.27. The van der Waals surface area contributed by atoms with E-state index in [0.717, 1.165) is 31.2 Å². The van der Waals surface area contributed by atoms with E-state index >= 15 is 0 Å². The molecule has 0 spiro atoms. The number of pyridine rings is 1. The largest absolute Gasteiger partial charge is 0.318 e. The van der Waals surface area contributed by atoms with Crippen LogP contribution in [0.5, 0.6) is 0 Å². The summed E-state index contributed by atoms with van der Waals surface area (Å²) in [5.74, 6) is 0.899. The van der Waals surface area contributed by atoms with Crippen molar-refractivity contribution in [1.29, 1.82) is 5.26 Å². The molecule has 2 heterocycles. The smallest absolute Gasteiger partial charge is 0.195 e. The van der Waals surface area contributed by atoms with E-state index < -0.39 is 0 Å². The Bertz CT molecular complexity index is 754. The predicted molar refractivity (Wildman–Crippen MR) is 95.1 cm³/mol. The topological polar surface area (TPSA) is 71.6 Å². The quantitative estimate of drug-likeness (QED) is 0.581. The lowest BCUT2D eigenvalue weighted by Gasteiger charge is -2.29. The van der Waals surface area contributed by atoms with Gasteiger partial charge in [0.1, 0.15) is 10.7 Å². The van der Waals surface area contributed by atoms with Crippen LogP contribution in [0.4, 0.5) is 0 Å². The Morgan fingerprint density at radius 2 is 2.04 bits per heavy atom. The lowest BCUT2D eigenvalue weighted by molar-refractivity contribution is 0.0995. The maximum atomic E-state index is 12.0. The maximum Gasteiger partial charge on any atom is 0.195 e. The molecule has 0 bridgehead atoms. The lowest BCUT2D eigenvalue weighted by atomic mass is 9.84. The van der Waals surface area contributed by atoms with Gasteiger partial charge in [0, 0.05) is 25.5 Å². The van der Waals surface area contributed by atoms with Crippen LogP contribution < -0.4 is 0 Å². The molecule has 0 amide bonds. The number of halogens is 1. The number of hydrogen-bond donors (Lipinski definition) is 0. The zero-order valence-electron chi connectivity index (χ0n) is 14.4. The number of ketones is 1. The third kappa shape index (κ3) is 3.76. The molecule has 0 unspecified atom stereocenters. The van der Waals surface area contributed by atoms with Gasteiger partial charge in [-0.3, -0.25) is 4.79 Å². The second-order valence-corrected chi connectivity index (χ2v) is 6.28. The van der Waals surface area contributed by atoms with E-state index in [1.54, 1.807) is 12.3 Å². The van der Waals surface area contributed by atoms with Crippen LogP contribution in [0.15, 0.2) is 12.3 Å². The molecule has 2 aromatic rings. The summed E-state index contributed by atoms with van der Waals surface area (Å²) in [5, 5.41) is 9.23. The normalized spacial score (nSPS) is 20.1. The minimum atomic E-state index is -0.0496. The molecule has 0 saturated heterocycles. The van der Waals surface area contributed by atoms with E-state index in [2.05, 4.69) is 16.0 Å². The van der Waals surface area contributed by atoms with Gasteiger partial charge < -0.3 is 4.57 Å². The first kappa shape index (κ1) is 18.4. The molecule has 0 atom stereocenters. The van der Waals surface area contributed by atoms with Crippen LogP contribution in [-0.4, -0.2) is 20.3 Å². The van der Waals surface area contributed by atoms with Crippen molar-refractivity contribution in [1.82, 2.24) is 14.5 Å². The van der Waals surface area contributed by atoms with Crippen molar-refractivity contribution in [2.45, 2.75) is 58.9 Å². The molecular weight excluding hydrogens is 324 g/mol. The average Bonchev–Trinajstić information content (AvgIpc) is 2.96. The third-order valence-electron chi connectivity index (χ3n) is 4.42. The molecule has 5 nitrogen and oxygen atoms in total. The Kier molecular flexibility index (Phi) is 6.33. The van der Waals surface area contributed by atoms with Gasteiger partial charge in [-0.15, -0.1) is 0 Å². The summed E-state index contributed by atoms with van der Waals surface area (Å²) in [6.07, 6.45) is 6.16. The number of carbonyl (C=O) groups excluding carboxylic acids is 1. The van der Waals surface area contributed by atoms with Crippen LogP contribution in [0.3, 0.4) is 0 Å². The minimum absolute atomic E-state index is 0.0496. The minimum Gasteiger partial charge on any atom is -0.318 e. The fraction of sp³-hybridized carbons (Fsp3) is 0.556. The van der Waals surface area contributed by atoms with E-state index in [-0.39, 0.29) is 11.8 Å². The first-order valence-corrected chi connectivity index (χ1v) is 8.89. The van der Waals surface area contributed by atoms with Gasteiger partial charge in [-0.25, -0.2) is 9.97 Å². The zero-order valence-corrected chi connectivity index (χ0v) is 15.2. The van der Waals surface area contributed by atoms with Crippen molar-refractivity contribution >= 4 is 28.4 Å². The zero-order chi connectivity index (χ0) is 17.7. The Labute approximate surface area is 147 Å². The van der Waals surface area contributed by atoms with Gasteiger partial charge in [0.25, 0.3) is 0 Å². The Morgan fingerprint density at radius 1 is 1.38 bits per heavy atom. The maximum absolute atomic E-state index is 12.0. The molecule has 1 fully saturated rings. The van der Waals surface area contributed by atoms with Crippen molar-refractivity contribution in [3.8, 4) is 6.07 Å². The van der Waals surface area contributed by atoms with E-state index in [1.807, 2.05) is 18.4 Å². The summed E-state index contributed by atoms with van der Waals surface area (Å²) in [7, 11) is 0. The highest BCUT2D eigenvalue weighted by molar-refractivity contribution is 6.30. The van der Waals surface area contributed by atoms with Crippen molar-refractivity contribution in [3.05, 3.63) is 23.2 Å². The summed E-state index contributed by atoms with van der Waals surface area (Å²) in [5.41, 5.74) is 1.57. The van der Waals surface area contributed by atoms with Gasteiger partial charge >= 0.3 is 0 Å². The molecule has 128 valence electrons. The molecule has 1 aliphatic carbocycles. The summed E-state index contributed by atoms with van der Waals surface area (Å²) < 4.78 is 2.02. The molecule has 3 rings (SSSR count). The van der Waals surface area contributed by atoms with Gasteiger partial charge in [-0.05, 0) is 31.6 Å². The third-order valence-corrected chi connectivity index (χ3v) is 4.63. The first-order chi connectivity index (χ1) is 11.6. The number of hydrogen-bond acceptors (Lipinski definition) is 4. The van der Waals surface area contributed by atoms with E-state index in [9.17, 15) is 4.79 Å². The molecule has 1 saturated carbocycles.